The fourth-order valence-electron chi connectivity index (χ4n) is 2.45. The maximum Gasteiger partial charge on any atom is 0.252 e. The van der Waals surface area contributed by atoms with Gasteiger partial charge in [0, 0.05) is 18.1 Å². The first-order valence-electron chi connectivity index (χ1n) is 7.52. The molecule has 23 heavy (non-hydrogen) atoms. The van der Waals surface area contributed by atoms with E-state index in [2.05, 4.69) is 10.3 Å². The van der Waals surface area contributed by atoms with Crippen LogP contribution in [-0.2, 0) is 6.42 Å². The molecular formula is C19H18N2O2. The first-order valence-corrected chi connectivity index (χ1v) is 7.52. The van der Waals surface area contributed by atoms with Gasteiger partial charge in [0.05, 0.1) is 18.2 Å². The molecule has 3 aromatic rings. The molecule has 4 nitrogen and oxygen atoms in total. The molecule has 0 fully saturated rings. The molecule has 0 aliphatic carbocycles. The lowest BCUT2D eigenvalue weighted by Gasteiger charge is -2.07. The number of methoxy groups -OCH3 is 1. The highest BCUT2D eigenvalue weighted by molar-refractivity contribution is 5.97. The third-order valence-corrected chi connectivity index (χ3v) is 3.69. The van der Waals surface area contributed by atoms with Crippen molar-refractivity contribution in [2.45, 2.75) is 6.42 Å². The number of ether oxygens (including phenoxy) is 1. The van der Waals surface area contributed by atoms with Crippen LogP contribution in [0.3, 0.4) is 0 Å². The predicted molar refractivity (Wildman–Crippen MR) is 90.8 cm³/mol. The van der Waals surface area contributed by atoms with Gasteiger partial charge in [-0.3, -0.25) is 9.78 Å². The Morgan fingerprint density at radius 3 is 2.87 bits per heavy atom. The molecule has 0 bridgehead atoms. The summed E-state index contributed by atoms with van der Waals surface area (Å²) in [5.41, 5.74) is 2.59. The Morgan fingerprint density at radius 2 is 2.00 bits per heavy atom. The molecular weight excluding hydrogens is 288 g/mol. The second-order valence-electron chi connectivity index (χ2n) is 5.27. The van der Waals surface area contributed by atoms with Gasteiger partial charge in [0.1, 0.15) is 5.75 Å². The van der Waals surface area contributed by atoms with Gasteiger partial charge in [-0.15, -0.1) is 0 Å². The number of aromatic nitrogens is 1. The fraction of sp³-hybridized carbons (Fsp3) is 0.158. The maximum atomic E-state index is 12.2. The first-order chi connectivity index (χ1) is 11.3. The van der Waals surface area contributed by atoms with Crippen LogP contribution < -0.4 is 10.1 Å². The number of carbonyl (C=O) groups is 1. The van der Waals surface area contributed by atoms with Crippen molar-refractivity contribution in [2.24, 2.45) is 0 Å². The van der Waals surface area contributed by atoms with E-state index in [4.69, 9.17) is 4.74 Å². The Morgan fingerprint density at radius 1 is 1.13 bits per heavy atom. The molecule has 1 aromatic heterocycles. The standard InChI is InChI=1S/C19H18N2O2/c1-23-17-7-4-5-14(11-17)9-10-20-19(22)16-12-15-6-2-3-8-18(15)21-13-16/h2-8,11-13H,9-10H2,1H3,(H,20,22). The van der Waals surface area contributed by atoms with E-state index in [1.807, 2.05) is 54.6 Å². The highest BCUT2D eigenvalue weighted by Crippen LogP contribution is 2.14. The zero-order chi connectivity index (χ0) is 16.1. The predicted octanol–water partition coefficient (Wildman–Crippen LogP) is 3.22. The van der Waals surface area contributed by atoms with Crippen molar-refractivity contribution in [1.29, 1.82) is 0 Å². The number of benzene rings is 2. The highest BCUT2D eigenvalue weighted by atomic mass is 16.5. The van der Waals surface area contributed by atoms with Crippen LogP contribution in [0.2, 0.25) is 0 Å². The topological polar surface area (TPSA) is 51.2 Å². The zero-order valence-corrected chi connectivity index (χ0v) is 13.0. The van der Waals surface area contributed by atoms with E-state index in [0.29, 0.717) is 12.1 Å². The van der Waals surface area contributed by atoms with E-state index in [1.165, 1.54) is 0 Å². The molecule has 0 atom stereocenters. The summed E-state index contributed by atoms with van der Waals surface area (Å²) in [6.07, 6.45) is 2.37. The molecule has 4 heteroatoms. The number of hydrogen-bond donors (Lipinski definition) is 1. The average molecular weight is 306 g/mol. The maximum absolute atomic E-state index is 12.2. The molecule has 0 spiro atoms. The number of hydrogen-bond acceptors (Lipinski definition) is 3. The van der Waals surface area contributed by atoms with Crippen LogP contribution in [0.25, 0.3) is 10.9 Å². The molecule has 3 rings (SSSR count). The lowest BCUT2D eigenvalue weighted by atomic mass is 10.1. The molecule has 0 aliphatic heterocycles. The number of pyridine rings is 1. The van der Waals surface area contributed by atoms with Crippen molar-refractivity contribution in [3.63, 3.8) is 0 Å². The number of para-hydroxylation sites is 1. The Labute approximate surface area is 135 Å². The lowest BCUT2D eigenvalue weighted by Crippen LogP contribution is -2.25. The van der Waals surface area contributed by atoms with Gasteiger partial charge in [0.15, 0.2) is 0 Å². The first kappa shape index (κ1) is 15.0. The fourth-order valence-corrected chi connectivity index (χ4v) is 2.45. The van der Waals surface area contributed by atoms with Crippen LogP contribution in [-0.4, -0.2) is 24.5 Å². The summed E-state index contributed by atoms with van der Waals surface area (Å²) in [4.78, 5) is 16.5. The van der Waals surface area contributed by atoms with Crippen LogP contribution in [0.15, 0.2) is 60.8 Å². The molecule has 0 saturated heterocycles. The van der Waals surface area contributed by atoms with Gasteiger partial charge >= 0.3 is 0 Å². The van der Waals surface area contributed by atoms with Crippen LogP contribution in [0, 0.1) is 0 Å². The van der Waals surface area contributed by atoms with E-state index >= 15 is 0 Å². The smallest absolute Gasteiger partial charge is 0.252 e. The summed E-state index contributed by atoms with van der Waals surface area (Å²) < 4.78 is 5.20. The minimum absolute atomic E-state index is 0.105. The van der Waals surface area contributed by atoms with Crippen molar-refractivity contribution < 1.29 is 9.53 Å². The average Bonchev–Trinajstić information content (AvgIpc) is 2.61. The van der Waals surface area contributed by atoms with Crippen molar-refractivity contribution in [1.82, 2.24) is 10.3 Å². The third-order valence-electron chi connectivity index (χ3n) is 3.69. The SMILES string of the molecule is COc1cccc(CCNC(=O)c2cnc3ccccc3c2)c1. The Kier molecular flexibility index (Phi) is 4.52. The molecule has 0 saturated carbocycles. The van der Waals surface area contributed by atoms with Crippen LogP contribution in [0.1, 0.15) is 15.9 Å². The summed E-state index contributed by atoms with van der Waals surface area (Å²) in [6.45, 7) is 0.568. The van der Waals surface area contributed by atoms with Crippen LogP contribution >= 0.6 is 0 Å². The molecule has 0 radical (unpaired) electrons. The van der Waals surface area contributed by atoms with Gasteiger partial charge < -0.3 is 10.1 Å². The van der Waals surface area contributed by atoms with Crippen molar-refractivity contribution >= 4 is 16.8 Å². The van der Waals surface area contributed by atoms with Crippen LogP contribution in [0.4, 0.5) is 0 Å². The monoisotopic (exact) mass is 306 g/mol. The van der Waals surface area contributed by atoms with Crippen molar-refractivity contribution in [2.75, 3.05) is 13.7 Å². The Bertz CT molecular complexity index is 830. The molecule has 1 N–H and O–H groups in total. The summed E-state index contributed by atoms with van der Waals surface area (Å²) >= 11 is 0. The van der Waals surface area contributed by atoms with E-state index < -0.39 is 0 Å². The number of rotatable bonds is 5. The van der Waals surface area contributed by atoms with Gasteiger partial charge in [0.25, 0.3) is 5.91 Å². The molecule has 2 aromatic carbocycles. The van der Waals surface area contributed by atoms with E-state index in [9.17, 15) is 4.79 Å². The number of amides is 1. The second-order valence-corrected chi connectivity index (χ2v) is 5.27. The van der Waals surface area contributed by atoms with Crippen LogP contribution in [0.5, 0.6) is 5.75 Å². The zero-order valence-electron chi connectivity index (χ0n) is 13.0. The number of nitrogens with one attached hydrogen (secondary N) is 1. The summed E-state index contributed by atoms with van der Waals surface area (Å²) in [6, 6.07) is 17.5. The van der Waals surface area contributed by atoms with E-state index in [1.54, 1.807) is 13.3 Å². The summed E-state index contributed by atoms with van der Waals surface area (Å²) in [5, 5.41) is 3.90. The third kappa shape index (κ3) is 3.66. The number of nitrogens with zero attached hydrogens (tertiary/aromatic N) is 1. The van der Waals surface area contributed by atoms with Gasteiger partial charge in [-0.05, 0) is 36.2 Å². The lowest BCUT2D eigenvalue weighted by molar-refractivity contribution is 0.0954. The van der Waals surface area contributed by atoms with Gasteiger partial charge in [-0.1, -0.05) is 30.3 Å². The van der Waals surface area contributed by atoms with E-state index in [0.717, 1.165) is 28.6 Å². The largest absolute Gasteiger partial charge is 0.497 e. The minimum Gasteiger partial charge on any atom is -0.497 e. The Hall–Kier alpha value is -2.88. The molecule has 1 amide bonds. The molecule has 116 valence electrons. The van der Waals surface area contributed by atoms with Crippen molar-refractivity contribution in [3.8, 4) is 5.75 Å². The molecule has 0 unspecified atom stereocenters. The Balaban J connectivity index is 1.61. The van der Waals surface area contributed by atoms with Gasteiger partial charge in [0.2, 0.25) is 0 Å². The summed E-state index contributed by atoms with van der Waals surface area (Å²) in [7, 11) is 1.65. The number of fused-ring (bicyclic) bond motifs is 1. The normalized spacial score (nSPS) is 10.5. The summed E-state index contributed by atoms with van der Waals surface area (Å²) in [5.74, 6) is 0.721. The molecule has 1 heterocycles. The van der Waals surface area contributed by atoms with E-state index in [-0.39, 0.29) is 5.91 Å². The highest BCUT2D eigenvalue weighted by Gasteiger charge is 2.06. The quantitative estimate of drug-likeness (QED) is 0.787. The minimum atomic E-state index is -0.105. The van der Waals surface area contributed by atoms with Gasteiger partial charge in [-0.25, -0.2) is 0 Å². The van der Waals surface area contributed by atoms with Gasteiger partial charge in [-0.2, -0.15) is 0 Å². The van der Waals surface area contributed by atoms with Crippen molar-refractivity contribution in [3.05, 3.63) is 71.9 Å². The molecule has 0 aliphatic rings. The number of carbonyl (C=O) groups excluding carboxylic acids is 1. The second kappa shape index (κ2) is 6.92.